The van der Waals surface area contributed by atoms with Crippen molar-refractivity contribution in [3.05, 3.63) is 48.5 Å². The average molecular weight is 365 g/mol. The van der Waals surface area contributed by atoms with Crippen molar-refractivity contribution in [1.82, 2.24) is 5.32 Å². The van der Waals surface area contributed by atoms with Gasteiger partial charge in [-0.25, -0.2) is 8.42 Å². The predicted octanol–water partition coefficient (Wildman–Crippen LogP) is 2.80. The third-order valence-corrected chi connectivity index (χ3v) is 4.74. The molecule has 0 atom stereocenters. The number of benzene rings is 2. The molecule has 24 heavy (non-hydrogen) atoms. The number of hydrogen-bond acceptors (Lipinski definition) is 4. The Kier molecular flexibility index (Phi) is 5.99. The molecule has 0 spiro atoms. The van der Waals surface area contributed by atoms with E-state index in [1.807, 2.05) is 6.92 Å². The highest BCUT2D eigenvalue weighted by Gasteiger charge is 2.16. The molecule has 0 unspecified atom stereocenters. The second-order valence-corrected chi connectivity index (χ2v) is 6.91. The molecular formula is C16H19N3O3S2. The van der Waals surface area contributed by atoms with E-state index >= 15 is 0 Å². The number of rotatable bonds is 6. The number of thiocarbonyl (C=S) groups is 1. The highest BCUT2D eigenvalue weighted by Crippen LogP contribution is 2.26. The van der Waals surface area contributed by atoms with Crippen molar-refractivity contribution in [1.29, 1.82) is 0 Å². The normalized spacial score (nSPS) is 10.8. The molecule has 2 aromatic carbocycles. The molecule has 0 bridgehead atoms. The van der Waals surface area contributed by atoms with Crippen molar-refractivity contribution in [3.8, 4) is 5.75 Å². The molecule has 0 heterocycles. The van der Waals surface area contributed by atoms with Crippen LogP contribution in [0.1, 0.15) is 6.92 Å². The van der Waals surface area contributed by atoms with Crippen molar-refractivity contribution in [2.24, 2.45) is 0 Å². The topological polar surface area (TPSA) is 79.5 Å². The lowest BCUT2D eigenvalue weighted by Gasteiger charge is -2.12. The zero-order chi connectivity index (χ0) is 17.6. The Morgan fingerprint density at radius 1 is 1.12 bits per heavy atom. The number of para-hydroxylation sites is 2. The van der Waals surface area contributed by atoms with Crippen molar-refractivity contribution in [2.45, 2.75) is 11.8 Å². The quantitative estimate of drug-likeness (QED) is 0.683. The van der Waals surface area contributed by atoms with Crippen LogP contribution in [-0.2, 0) is 10.0 Å². The molecule has 8 heteroatoms. The summed E-state index contributed by atoms with van der Waals surface area (Å²) in [5.41, 5.74) is 1.09. The van der Waals surface area contributed by atoms with Gasteiger partial charge in [-0.3, -0.25) is 4.72 Å². The number of nitrogens with one attached hydrogen (secondary N) is 3. The molecule has 0 amide bonds. The molecule has 2 aromatic rings. The van der Waals surface area contributed by atoms with Gasteiger partial charge in [0.15, 0.2) is 5.11 Å². The molecule has 0 saturated heterocycles. The van der Waals surface area contributed by atoms with Gasteiger partial charge in [0.25, 0.3) is 10.0 Å². The SMILES string of the molecule is CCNC(=S)Nc1ccc(S(=O)(=O)Nc2ccccc2OC)cc1. The number of sulfonamides is 1. The minimum absolute atomic E-state index is 0.147. The van der Waals surface area contributed by atoms with E-state index in [0.29, 0.717) is 28.8 Å². The third kappa shape index (κ3) is 4.59. The van der Waals surface area contributed by atoms with Gasteiger partial charge in [0.1, 0.15) is 5.75 Å². The second-order valence-electron chi connectivity index (χ2n) is 4.81. The first-order valence-corrected chi connectivity index (χ1v) is 9.16. The Hall–Kier alpha value is -2.32. The molecule has 3 N–H and O–H groups in total. The molecule has 0 fully saturated rings. The monoisotopic (exact) mass is 365 g/mol. The number of methoxy groups -OCH3 is 1. The lowest BCUT2D eigenvalue weighted by molar-refractivity contribution is 0.417. The minimum atomic E-state index is -3.71. The van der Waals surface area contributed by atoms with Crippen molar-refractivity contribution < 1.29 is 13.2 Å². The maximum atomic E-state index is 12.5. The predicted molar refractivity (Wildman–Crippen MR) is 100 cm³/mol. The summed E-state index contributed by atoms with van der Waals surface area (Å²) < 4.78 is 32.6. The highest BCUT2D eigenvalue weighted by molar-refractivity contribution is 7.92. The van der Waals surface area contributed by atoms with Gasteiger partial charge >= 0.3 is 0 Å². The Morgan fingerprint density at radius 2 is 1.79 bits per heavy atom. The van der Waals surface area contributed by atoms with Crippen LogP contribution in [0.4, 0.5) is 11.4 Å². The molecule has 0 aliphatic heterocycles. The van der Waals surface area contributed by atoms with Crippen molar-refractivity contribution >= 4 is 38.7 Å². The van der Waals surface area contributed by atoms with E-state index in [1.54, 1.807) is 36.4 Å². The van der Waals surface area contributed by atoms with Crippen LogP contribution in [-0.4, -0.2) is 27.2 Å². The number of hydrogen-bond donors (Lipinski definition) is 3. The Balaban J connectivity index is 2.16. The zero-order valence-corrected chi connectivity index (χ0v) is 15.0. The van der Waals surface area contributed by atoms with E-state index in [9.17, 15) is 8.42 Å². The third-order valence-electron chi connectivity index (χ3n) is 3.11. The van der Waals surface area contributed by atoms with Crippen molar-refractivity contribution in [2.75, 3.05) is 23.7 Å². The Bertz CT molecular complexity index is 806. The summed E-state index contributed by atoms with van der Waals surface area (Å²) in [7, 11) is -2.22. The molecule has 0 saturated carbocycles. The molecule has 2 rings (SSSR count). The lowest BCUT2D eigenvalue weighted by atomic mass is 10.3. The first-order chi connectivity index (χ1) is 11.5. The summed E-state index contributed by atoms with van der Waals surface area (Å²) in [6, 6.07) is 13.2. The minimum Gasteiger partial charge on any atom is -0.495 e. The fraction of sp³-hybridized carbons (Fsp3) is 0.188. The molecule has 0 aromatic heterocycles. The standard InChI is InChI=1S/C16H19N3O3S2/c1-3-17-16(23)18-12-8-10-13(11-9-12)24(20,21)19-14-6-4-5-7-15(14)22-2/h4-11,19H,3H2,1-2H3,(H2,17,18,23). The maximum absolute atomic E-state index is 12.5. The first-order valence-electron chi connectivity index (χ1n) is 7.27. The summed E-state index contributed by atoms with van der Waals surface area (Å²) >= 11 is 5.09. The Morgan fingerprint density at radius 3 is 2.42 bits per heavy atom. The van der Waals surface area contributed by atoms with Gasteiger partial charge in [0, 0.05) is 12.2 Å². The molecular weight excluding hydrogens is 346 g/mol. The van der Waals surface area contributed by atoms with Crippen LogP contribution in [0.3, 0.4) is 0 Å². The van der Waals surface area contributed by atoms with Crippen LogP contribution >= 0.6 is 12.2 Å². The summed E-state index contributed by atoms with van der Waals surface area (Å²) in [6.45, 7) is 2.65. The van der Waals surface area contributed by atoms with Gasteiger partial charge in [0.05, 0.1) is 17.7 Å². The van der Waals surface area contributed by atoms with Crippen LogP contribution in [0.2, 0.25) is 0 Å². The lowest BCUT2D eigenvalue weighted by Crippen LogP contribution is -2.27. The van der Waals surface area contributed by atoms with Crippen LogP contribution in [0.5, 0.6) is 5.75 Å². The van der Waals surface area contributed by atoms with Gasteiger partial charge in [0.2, 0.25) is 0 Å². The first kappa shape index (κ1) is 18.0. The highest BCUT2D eigenvalue weighted by atomic mass is 32.2. The van der Waals surface area contributed by atoms with Gasteiger partial charge in [-0.1, -0.05) is 12.1 Å². The summed E-state index contributed by atoms with van der Waals surface area (Å²) in [5, 5.41) is 6.42. The molecule has 6 nitrogen and oxygen atoms in total. The smallest absolute Gasteiger partial charge is 0.262 e. The van der Waals surface area contributed by atoms with E-state index in [4.69, 9.17) is 17.0 Å². The summed E-state index contributed by atoms with van der Waals surface area (Å²) in [5.74, 6) is 0.454. The van der Waals surface area contributed by atoms with E-state index in [-0.39, 0.29) is 4.90 Å². The molecule has 0 aliphatic rings. The van der Waals surface area contributed by atoms with Crippen LogP contribution in [0, 0.1) is 0 Å². The largest absolute Gasteiger partial charge is 0.495 e. The van der Waals surface area contributed by atoms with Gasteiger partial charge in [-0.15, -0.1) is 0 Å². The van der Waals surface area contributed by atoms with Gasteiger partial charge in [-0.05, 0) is 55.5 Å². The molecule has 128 valence electrons. The van der Waals surface area contributed by atoms with Crippen molar-refractivity contribution in [3.63, 3.8) is 0 Å². The van der Waals surface area contributed by atoms with Crippen LogP contribution < -0.4 is 20.1 Å². The second kappa shape index (κ2) is 7.98. The fourth-order valence-corrected chi connectivity index (χ4v) is 3.32. The zero-order valence-electron chi connectivity index (χ0n) is 13.4. The molecule has 0 radical (unpaired) electrons. The number of anilines is 2. The summed E-state index contributed by atoms with van der Waals surface area (Å²) in [4.78, 5) is 0.147. The maximum Gasteiger partial charge on any atom is 0.262 e. The van der Waals surface area contributed by atoms with Gasteiger partial charge in [-0.2, -0.15) is 0 Å². The van der Waals surface area contributed by atoms with E-state index in [2.05, 4.69) is 15.4 Å². The average Bonchev–Trinajstić information content (AvgIpc) is 2.55. The number of ether oxygens (including phenoxy) is 1. The van der Waals surface area contributed by atoms with Crippen LogP contribution in [0.15, 0.2) is 53.4 Å². The van der Waals surface area contributed by atoms with Crippen LogP contribution in [0.25, 0.3) is 0 Å². The fourth-order valence-electron chi connectivity index (χ4n) is 1.99. The van der Waals surface area contributed by atoms with E-state index < -0.39 is 10.0 Å². The Labute approximate surface area is 147 Å². The molecule has 0 aliphatic carbocycles. The van der Waals surface area contributed by atoms with Gasteiger partial charge < -0.3 is 15.4 Å². The van der Waals surface area contributed by atoms with E-state index in [1.165, 1.54) is 19.2 Å². The van der Waals surface area contributed by atoms with E-state index in [0.717, 1.165) is 0 Å². The summed E-state index contributed by atoms with van der Waals surface area (Å²) in [6.07, 6.45) is 0.